The fourth-order valence-electron chi connectivity index (χ4n) is 5.99. The van der Waals surface area contributed by atoms with Gasteiger partial charge >= 0.3 is 0 Å². The largest absolute Gasteiger partial charge is 0.299 e. The third-order valence-electron chi connectivity index (χ3n) is 7.52. The average Bonchev–Trinajstić information content (AvgIpc) is 3.05. The maximum Gasteiger partial charge on any atom is 0.150 e. The molecule has 5 nitrogen and oxygen atoms in total. The first-order chi connectivity index (χ1) is 12.5. The van der Waals surface area contributed by atoms with Crippen LogP contribution >= 0.6 is 0 Å². The molecule has 0 aromatic heterocycles. The molecule has 0 amide bonds. The highest BCUT2D eigenvalue weighted by molar-refractivity contribution is 7.91. The van der Waals surface area contributed by atoms with Crippen molar-refractivity contribution in [1.29, 1.82) is 0 Å². The van der Waals surface area contributed by atoms with Crippen LogP contribution in [0, 0.1) is 5.92 Å². The first-order valence-corrected chi connectivity index (χ1v) is 12.9. The summed E-state index contributed by atoms with van der Waals surface area (Å²) in [6.45, 7) is 1.19. The summed E-state index contributed by atoms with van der Waals surface area (Å²) in [4.78, 5) is 2.69. The molecule has 3 unspecified atom stereocenters. The van der Waals surface area contributed by atoms with E-state index in [0.29, 0.717) is 24.4 Å². The SMILES string of the molecule is CS(=O)(=O)C1CCC(N2CCC3CCC(NC4CCCCC4)NC32)CC1. The van der Waals surface area contributed by atoms with Crippen LogP contribution in [0.15, 0.2) is 0 Å². The molecule has 2 N–H and O–H groups in total. The maximum atomic E-state index is 11.8. The van der Waals surface area contributed by atoms with E-state index in [4.69, 9.17) is 0 Å². The quantitative estimate of drug-likeness (QED) is 0.781. The lowest BCUT2D eigenvalue weighted by atomic mass is 9.90. The second-order valence-corrected chi connectivity index (χ2v) is 11.6. The Morgan fingerprint density at radius 1 is 0.885 bits per heavy atom. The molecule has 150 valence electrons. The zero-order chi connectivity index (χ0) is 18.1. The van der Waals surface area contributed by atoms with Crippen LogP contribution in [0.3, 0.4) is 0 Å². The van der Waals surface area contributed by atoms with Gasteiger partial charge in [0, 0.05) is 24.9 Å². The number of hydrogen-bond acceptors (Lipinski definition) is 5. The first-order valence-electron chi connectivity index (χ1n) is 11.0. The van der Waals surface area contributed by atoms with Crippen molar-refractivity contribution in [1.82, 2.24) is 15.5 Å². The number of likely N-dealkylation sites (tertiary alicyclic amines) is 1. The summed E-state index contributed by atoms with van der Waals surface area (Å²) in [5.74, 6) is 0.784. The molecule has 4 rings (SSSR count). The van der Waals surface area contributed by atoms with E-state index in [2.05, 4.69) is 15.5 Å². The third kappa shape index (κ3) is 4.29. The van der Waals surface area contributed by atoms with Gasteiger partial charge in [0.25, 0.3) is 0 Å². The highest BCUT2D eigenvalue weighted by Crippen LogP contribution is 2.37. The van der Waals surface area contributed by atoms with Gasteiger partial charge < -0.3 is 0 Å². The standard InChI is InChI=1S/C20H37N3O2S/c1-26(24,25)18-10-8-17(9-11-18)23-14-13-15-7-12-19(22-20(15)23)21-16-5-3-2-4-6-16/h15-22H,2-14H2,1H3. The molecule has 4 aliphatic rings. The van der Waals surface area contributed by atoms with Gasteiger partial charge in [-0.05, 0) is 63.7 Å². The van der Waals surface area contributed by atoms with Crippen LogP contribution < -0.4 is 10.6 Å². The molecule has 2 saturated heterocycles. The first kappa shape index (κ1) is 19.2. The van der Waals surface area contributed by atoms with E-state index in [1.165, 1.54) is 64.2 Å². The Kier molecular flexibility index (Phi) is 5.94. The Labute approximate surface area is 159 Å². The lowest BCUT2D eigenvalue weighted by Crippen LogP contribution is -2.61. The van der Waals surface area contributed by atoms with E-state index in [1.54, 1.807) is 0 Å². The lowest BCUT2D eigenvalue weighted by Gasteiger charge is -2.43. The molecule has 4 fully saturated rings. The molecule has 2 heterocycles. The number of nitrogens with zero attached hydrogens (tertiary/aromatic N) is 1. The second kappa shape index (κ2) is 8.06. The topological polar surface area (TPSA) is 61.4 Å². The van der Waals surface area contributed by atoms with Gasteiger partial charge in [0.05, 0.1) is 17.6 Å². The van der Waals surface area contributed by atoms with Gasteiger partial charge in [-0.25, -0.2) is 8.42 Å². The minimum Gasteiger partial charge on any atom is -0.299 e. The second-order valence-electron chi connectivity index (χ2n) is 9.29. The molecule has 26 heavy (non-hydrogen) atoms. The summed E-state index contributed by atoms with van der Waals surface area (Å²) >= 11 is 0. The van der Waals surface area contributed by atoms with Crippen molar-refractivity contribution in [2.24, 2.45) is 5.92 Å². The monoisotopic (exact) mass is 383 g/mol. The van der Waals surface area contributed by atoms with Gasteiger partial charge in [-0.15, -0.1) is 0 Å². The fraction of sp³-hybridized carbons (Fsp3) is 1.00. The molecular formula is C20H37N3O2S. The summed E-state index contributed by atoms with van der Waals surface area (Å²) < 4.78 is 23.7. The number of rotatable bonds is 4. The molecule has 6 heteroatoms. The minimum absolute atomic E-state index is 0.0998. The van der Waals surface area contributed by atoms with Crippen LogP contribution in [-0.4, -0.2) is 55.8 Å². The Balaban J connectivity index is 1.32. The highest BCUT2D eigenvalue weighted by Gasteiger charge is 2.43. The zero-order valence-corrected chi connectivity index (χ0v) is 17.1. The van der Waals surface area contributed by atoms with E-state index < -0.39 is 9.84 Å². The summed E-state index contributed by atoms with van der Waals surface area (Å²) in [6.07, 6.45) is 16.9. The highest BCUT2D eigenvalue weighted by atomic mass is 32.2. The third-order valence-corrected chi connectivity index (χ3v) is 9.20. The van der Waals surface area contributed by atoms with Crippen molar-refractivity contribution in [3.8, 4) is 0 Å². The smallest absolute Gasteiger partial charge is 0.150 e. The van der Waals surface area contributed by atoms with Crippen molar-refractivity contribution in [3.63, 3.8) is 0 Å². The normalized spacial score (nSPS) is 40.4. The molecule has 2 saturated carbocycles. The number of nitrogens with one attached hydrogen (secondary N) is 2. The minimum atomic E-state index is -2.87. The maximum absolute atomic E-state index is 11.8. The predicted octanol–water partition coefficient (Wildman–Crippen LogP) is 2.62. The summed E-state index contributed by atoms with van der Waals surface area (Å²) in [6, 6.07) is 1.28. The summed E-state index contributed by atoms with van der Waals surface area (Å²) in [5.41, 5.74) is 0. The summed E-state index contributed by atoms with van der Waals surface area (Å²) in [7, 11) is -2.87. The van der Waals surface area contributed by atoms with Crippen molar-refractivity contribution in [2.75, 3.05) is 12.8 Å². The fourth-order valence-corrected chi connectivity index (χ4v) is 7.12. The van der Waals surface area contributed by atoms with Crippen LogP contribution in [0.1, 0.15) is 77.0 Å². The van der Waals surface area contributed by atoms with E-state index in [-0.39, 0.29) is 5.25 Å². The van der Waals surface area contributed by atoms with Crippen LogP contribution in [0.2, 0.25) is 0 Å². The molecule has 2 aliphatic heterocycles. The molecule has 0 aromatic carbocycles. The van der Waals surface area contributed by atoms with Gasteiger partial charge in [0.1, 0.15) is 9.84 Å². The van der Waals surface area contributed by atoms with Crippen molar-refractivity contribution in [2.45, 2.75) is 107 Å². The van der Waals surface area contributed by atoms with E-state index >= 15 is 0 Å². The Morgan fingerprint density at radius 2 is 1.62 bits per heavy atom. The number of hydrogen-bond donors (Lipinski definition) is 2. The zero-order valence-electron chi connectivity index (χ0n) is 16.3. The van der Waals surface area contributed by atoms with Crippen LogP contribution in [-0.2, 0) is 9.84 Å². The lowest BCUT2D eigenvalue weighted by molar-refractivity contribution is 0.0667. The van der Waals surface area contributed by atoms with Crippen LogP contribution in [0.5, 0.6) is 0 Å². The number of piperidine rings is 1. The van der Waals surface area contributed by atoms with E-state index in [1.807, 2.05) is 0 Å². The van der Waals surface area contributed by atoms with Gasteiger partial charge in [0.15, 0.2) is 0 Å². The van der Waals surface area contributed by atoms with Gasteiger partial charge in [-0.1, -0.05) is 19.3 Å². The van der Waals surface area contributed by atoms with Crippen LogP contribution in [0.4, 0.5) is 0 Å². The Morgan fingerprint density at radius 3 is 2.31 bits per heavy atom. The average molecular weight is 384 g/mol. The Bertz CT molecular complexity index is 568. The van der Waals surface area contributed by atoms with Crippen molar-refractivity contribution in [3.05, 3.63) is 0 Å². The van der Waals surface area contributed by atoms with Gasteiger partial charge in [-0.3, -0.25) is 15.5 Å². The van der Waals surface area contributed by atoms with Crippen molar-refractivity contribution < 1.29 is 8.42 Å². The molecular weight excluding hydrogens is 346 g/mol. The molecule has 0 bridgehead atoms. The van der Waals surface area contributed by atoms with Gasteiger partial charge in [0.2, 0.25) is 0 Å². The van der Waals surface area contributed by atoms with Crippen LogP contribution in [0.25, 0.3) is 0 Å². The molecule has 0 spiro atoms. The number of fused-ring (bicyclic) bond motifs is 1. The Hall–Kier alpha value is -0.170. The summed E-state index contributed by atoms with van der Waals surface area (Å²) in [5, 5.41) is 7.75. The van der Waals surface area contributed by atoms with E-state index in [9.17, 15) is 8.42 Å². The molecule has 2 aliphatic carbocycles. The van der Waals surface area contributed by atoms with Crippen molar-refractivity contribution >= 4 is 9.84 Å². The number of sulfone groups is 1. The molecule has 0 radical (unpaired) electrons. The van der Waals surface area contributed by atoms with Gasteiger partial charge in [-0.2, -0.15) is 0 Å². The molecule has 3 atom stereocenters. The van der Waals surface area contributed by atoms with E-state index in [0.717, 1.165) is 31.6 Å². The molecule has 0 aromatic rings. The predicted molar refractivity (Wildman–Crippen MR) is 106 cm³/mol.